The molecule has 1 aliphatic carbocycles. The van der Waals surface area contributed by atoms with E-state index < -0.39 is 0 Å². The molecule has 4 heterocycles. The zero-order chi connectivity index (χ0) is 37.5. The third-order valence-electron chi connectivity index (χ3n) is 12.0. The van der Waals surface area contributed by atoms with Crippen LogP contribution in [-0.2, 0) is 0 Å². The summed E-state index contributed by atoms with van der Waals surface area (Å²) in [7, 11) is 0. The summed E-state index contributed by atoms with van der Waals surface area (Å²) in [6.45, 7) is 0. The van der Waals surface area contributed by atoms with Gasteiger partial charge in [0.25, 0.3) is 0 Å². The number of rotatable bonds is 5. The van der Waals surface area contributed by atoms with Crippen LogP contribution in [0.3, 0.4) is 0 Å². The maximum atomic E-state index is 6.61. The third kappa shape index (κ3) is 5.33. The summed E-state index contributed by atoms with van der Waals surface area (Å²) in [4.78, 5) is 0. The summed E-state index contributed by atoms with van der Waals surface area (Å²) in [5, 5.41) is 18.9. The van der Waals surface area contributed by atoms with E-state index in [2.05, 4.69) is 190 Å². The molecule has 0 bridgehead atoms. The van der Waals surface area contributed by atoms with Gasteiger partial charge in [-0.15, -0.1) is 11.3 Å². The highest BCUT2D eigenvalue weighted by Crippen LogP contribution is 2.45. The predicted octanol–water partition coefficient (Wildman–Crippen LogP) is 12.8. The SMILES string of the molecule is C1=CCCC(C2NC(c3ccccc3)NC(c3ccc4c(c3)oc3ccc(-c5cccc6sc7c(-n8c9ccccc9c9ccccc98)cccc7c56)cc34)N2)=C1. The van der Waals surface area contributed by atoms with E-state index in [9.17, 15) is 0 Å². The van der Waals surface area contributed by atoms with E-state index in [1.165, 1.54) is 69.9 Å². The lowest BCUT2D eigenvalue weighted by atomic mass is 9.97. The van der Waals surface area contributed by atoms with Crippen LogP contribution in [0.15, 0.2) is 180 Å². The van der Waals surface area contributed by atoms with Gasteiger partial charge in [0.05, 0.1) is 39.9 Å². The molecule has 274 valence electrons. The maximum absolute atomic E-state index is 6.61. The zero-order valence-corrected chi connectivity index (χ0v) is 31.9. The molecule has 10 aromatic rings. The van der Waals surface area contributed by atoms with Gasteiger partial charge in [0.15, 0.2) is 0 Å². The minimum atomic E-state index is -0.0710. The predicted molar refractivity (Wildman–Crippen MR) is 238 cm³/mol. The molecule has 0 amide bonds. The first-order valence-corrected chi connectivity index (χ1v) is 20.6. The van der Waals surface area contributed by atoms with Crippen molar-refractivity contribution >= 4 is 75.3 Å². The largest absolute Gasteiger partial charge is 0.456 e. The average molecular weight is 755 g/mol. The zero-order valence-electron chi connectivity index (χ0n) is 31.1. The number of allylic oxidation sites excluding steroid dienone is 3. The van der Waals surface area contributed by atoms with Crippen molar-refractivity contribution in [2.45, 2.75) is 31.3 Å². The molecule has 5 nitrogen and oxygen atoms in total. The molecule has 1 aliphatic heterocycles. The number of fused-ring (bicyclic) bond motifs is 9. The minimum Gasteiger partial charge on any atom is -0.456 e. The van der Waals surface area contributed by atoms with Crippen molar-refractivity contribution in [2.24, 2.45) is 0 Å². The van der Waals surface area contributed by atoms with Crippen molar-refractivity contribution in [2.75, 3.05) is 0 Å². The second-order valence-electron chi connectivity index (χ2n) is 15.3. The highest BCUT2D eigenvalue weighted by atomic mass is 32.1. The van der Waals surface area contributed by atoms with Gasteiger partial charge in [0.1, 0.15) is 11.2 Å². The van der Waals surface area contributed by atoms with Gasteiger partial charge in [0.2, 0.25) is 0 Å². The van der Waals surface area contributed by atoms with Crippen LogP contribution >= 0.6 is 11.3 Å². The summed E-state index contributed by atoms with van der Waals surface area (Å²) in [5.41, 5.74) is 11.6. The summed E-state index contributed by atoms with van der Waals surface area (Å²) in [6, 6.07) is 55.1. The summed E-state index contributed by atoms with van der Waals surface area (Å²) in [6.07, 6.45) is 8.75. The lowest BCUT2D eigenvalue weighted by molar-refractivity contribution is 0.219. The molecule has 0 radical (unpaired) electrons. The molecular formula is C51H38N4OS. The first kappa shape index (κ1) is 32.9. The first-order valence-electron chi connectivity index (χ1n) is 19.8. The van der Waals surface area contributed by atoms with Gasteiger partial charge in [-0.2, -0.15) is 0 Å². The summed E-state index contributed by atoms with van der Waals surface area (Å²) < 4.78 is 11.6. The van der Waals surface area contributed by atoms with Crippen molar-refractivity contribution in [1.29, 1.82) is 0 Å². The number of hydrogen-bond acceptors (Lipinski definition) is 5. The molecule has 3 unspecified atom stereocenters. The number of aromatic nitrogens is 1. The van der Waals surface area contributed by atoms with Crippen LogP contribution in [0.25, 0.3) is 80.7 Å². The van der Waals surface area contributed by atoms with Crippen molar-refractivity contribution in [1.82, 2.24) is 20.5 Å². The van der Waals surface area contributed by atoms with Crippen LogP contribution in [0.2, 0.25) is 0 Å². The van der Waals surface area contributed by atoms with Crippen molar-refractivity contribution in [3.8, 4) is 16.8 Å². The van der Waals surface area contributed by atoms with Crippen molar-refractivity contribution in [3.05, 3.63) is 187 Å². The molecule has 1 fully saturated rings. The molecule has 3 atom stereocenters. The Kier molecular flexibility index (Phi) is 7.60. The number of nitrogens with zero attached hydrogens (tertiary/aromatic N) is 1. The third-order valence-corrected chi connectivity index (χ3v) is 13.2. The van der Waals surface area contributed by atoms with Gasteiger partial charge >= 0.3 is 0 Å². The first-order chi connectivity index (χ1) is 28.2. The van der Waals surface area contributed by atoms with Crippen LogP contribution in [-0.4, -0.2) is 10.7 Å². The smallest absolute Gasteiger partial charge is 0.135 e. The Morgan fingerprint density at radius 3 is 2.11 bits per heavy atom. The van der Waals surface area contributed by atoms with E-state index in [1.54, 1.807) is 0 Å². The minimum absolute atomic E-state index is 0.00266. The van der Waals surface area contributed by atoms with Crippen molar-refractivity contribution in [3.63, 3.8) is 0 Å². The number of hydrogen-bond donors (Lipinski definition) is 3. The Morgan fingerprint density at radius 2 is 1.30 bits per heavy atom. The van der Waals surface area contributed by atoms with Gasteiger partial charge in [-0.25, -0.2) is 0 Å². The topological polar surface area (TPSA) is 54.2 Å². The quantitative estimate of drug-likeness (QED) is 0.164. The molecule has 3 aromatic heterocycles. The Labute approximate surface area is 333 Å². The molecule has 1 saturated heterocycles. The maximum Gasteiger partial charge on any atom is 0.135 e. The van der Waals surface area contributed by atoms with Crippen LogP contribution < -0.4 is 16.0 Å². The Balaban J connectivity index is 0.946. The van der Waals surface area contributed by atoms with E-state index in [1.807, 2.05) is 11.3 Å². The summed E-state index contributed by atoms with van der Waals surface area (Å²) in [5.74, 6) is 0. The van der Waals surface area contributed by atoms with E-state index in [4.69, 9.17) is 4.42 Å². The van der Waals surface area contributed by atoms with Crippen LogP contribution in [0, 0.1) is 0 Å². The van der Waals surface area contributed by atoms with Gasteiger partial charge in [-0.1, -0.05) is 127 Å². The lowest BCUT2D eigenvalue weighted by Crippen LogP contribution is -2.59. The highest BCUT2D eigenvalue weighted by molar-refractivity contribution is 7.26. The molecule has 0 saturated carbocycles. The lowest BCUT2D eigenvalue weighted by Gasteiger charge is -2.40. The Hall–Kier alpha value is -6.28. The van der Waals surface area contributed by atoms with Gasteiger partial charge in [-0.05, 0) is 83.1 Å². The molecule has 3 N–H and O–H groups in total. The van der Waals surface area contributed by atoms with Gasteiger partial charge in [-0.3, -0.25) is 16.0 Å². The fourth-order valence-corrected chi connectivity index (χ4v) is 10.6. The van der Waals surface area contributed by atoms with Gasteiger partial charge in [0, 0.05) is 37.0 Å². The van der Waals surface area contributed by atoms with E-state index in [0.29, 0.717) is 0 Å². The number of thiophene rings is 1. The fourth-order valence-electron chi connectivity index (χ4n) is 9.32. The van der Waals surface area contributed by atoms with Crippen LogP contribution in [0.5, 0.6) is 0 Å². The van der Waals surface area contributed by atoms with Crippen molar-refractivity contribution < 1.29 is 4.42 Å². The molecule has 7 aromatic carbocycles. The second kappa shape index (κ2) is 13.2. The van der Waals surface area contributed by atoms with Crippen LogP contribution in [0.4, 0.5) is 0 Å². The number of para-hydroxylation sites is 2. The molecule has 12 rings (SSSR count). The molecule has 57 heavy (non-hydrogen) atoms. The molecule has 6 heteroatoms. The van der Waals surface area contributed by atoms with Crippen LogP contribution in [0.1, 0.15) is 36.3 Å². The highest BCUT2D eigenvalue weighted by Gasteiger charge is 2.31. The van der Waals surface area contributed by atoms with E-state index >= 15 is 0 Å². The Bertz CT molecular complexity index is 3200. The number of nitrogens with one attached hydrogen (secondary N) is 3. The monoisotopic (exact) mass is 754 g/mol. The average Bonchev–Trinajstić information content (AvgIpc) is 3.96. The fraction of sp³-hybridized carbons (Fsp3) is 0.0980. The second-order valence-corrected chi connectivity index (χ2v) is 16.3. The number of furan rings is 1. The van der Waals surface area contributed by atoms with E-state index in [-0.39, 0.29) is 18.5 Å². The summed E-state index contributed by atoms with van der Waals surface area (Å²) >= 11 is 1.88. The standard InChI is InChI=1S/C51H38N4OS/c1-3-13-31(14-4-1)49-52-50(32-15-5-2-6-16-32)54-51(53-49)34-25-27-38-40-29-33(26-28-44(40)56-45(38)30-34)35-19-12-24-46-47(35)39-20-11-23-43(48(39)57-46)55-41-21-9-7-17-36(41)37-18-8-10-22-42(37)55/h1-5,7-15,17-30,49-54H,6,16H2. The van der Waals surface area contributed by atoms with Gasteiger partial charge < -0.3 is 8.98 Å². The Morgan fingerprint density at radius 1 is 0.561 bits per heavy atom. The normalized spacial score (nSPS) is 18.7. The molecular weight excluding hydrogens is 717 g/mol. The number of benzene rings is 7. The molecule has 0 spiro atoms. The molecule has 2 aliphatic rings. The van der Waals surface area contributed by atoms with E-state index in [0.717, 1.165) is 40.3 Å².